The Balaban J connectivity index is 1.99. The Hall–Kier alpha value is -1.07. The second-order valence-electron chi connectivity index (χ2n) is 4.36. The van der Waals surface area contributed by atoms with Crippen LogP contribution in [0.15, 0.2) is 24.3 Å². The monoisotopic (exact) mass is 270 g/mol. The van der Waals surface area contributed by atoms with Gasteiger partial charge >= 0.3 is 0 Å². The van der Waals surface area contributed by atoms with Crippen molar-refractivity contribution in [1.29, 1.82) is 0 Å². The molecular formula is C13H15FO3S. The number of hydrogen-bond acceptors (Lipinski definition) is 3. The lowest BCUT2D eigenvalue weighted by Gasteiger charge is -2.12. The first-order chi connectivity index (χ1) is 8.58. The fourth-order valence-corrected chi connectivity index (χ4v) is 3.52. The van der Waals surface area contributed by atoms with Gasteiger partial charge in [-0.15, -0.1) is 0 Å². The van der Waals surface area contributed by atoms with Crippen LogP contribution in [-0.2, 0) is 15.5 Å². The Morgan fingerprint density at radius 1 is 1.44 bits per heavy atom. The molecule has 1 saturated heterocycles. The lowest BCUT2D eigenvalue weighted by molar-refractivity contribution is 0.102. The number of ether oxygens (including phenoxy) is 1. The molecule has 0 N–H and O–H groups in total. The highest BCUT2D eigenvalue weighted by atomic mass is 32.2. The molecule has 0 amide bonds. The zero-order chi connectivity index (χ0) is 13.1. The van der Waals surface area contributed by atoms with E-state index in [-0.39, 0.29) is 28.7 Å². The van der Waals surface area contributed by atoms with E-state index in [0.29, 0.717) is 12.2 Å². The third-order valence-corrected chi connectivity index (χ3v) is 4.92. The molecule has 3 atom stereocenters. The Kier molecular flexibility index (Phi) is 4.24. The van der Waals surface area contributed by atoms with E-state index in [1.165, 1.54) is 24.3 Å². The summed E-state index contributed by atoms with van der Waals surface area (Å²) in [5.41, 5.74) is 0.399. The van der Waals surface area contributed by atoms with Crippen LogP contribution in [0.25, 0.3) is 0 Å². The van der Waals surface area contributed by atoms with Gasteiger partial charge in [-0.25, -0.2) is 4.39 Å². The predicted octanol–water partition coefficient (Wildman–Crippen LogP) is 1.93. The quantitative estimate of drug-likeness (QED) is 0.785. The smallest absolute Gasteiger partial charge is 0.175 e. The summed E-state index contributed by atoms with van der Waals surface area (Å²) in [4.78, 5) is 11.9. The number of carbonyl (C=O) groups excluding carboxylic acids is 1. The highest BCUT2D eigenvalue weighted by Gasteiger charge is 2.30. The van der Waals surface area contributed by atoms with Gasteiger partial charge in [-0.3, -0.25) is 9.00 Å². The van der Waals surface area contributed by atoms with Crippen molar-refractivity contribution < 1.29 is 18.1 Å². The Morgan fingerprint density at radius 3 is 2.67 bits per heavy atom. The topological polar surface area (TPSA) is 43.4 Å². The summed E-state index contributed by atoms with van der Waals surface area (Å²) in [6.07, 6.45) is 0.664. The number of ketones is 1. The molecule has 0 bridgehead atoms. The summed E-state index contributed by atoms with van der Waals surface area (Å²) in [6, 6.07) is 5.31. The molecule has 0 aliphatic carbocycles. The van der Waals surface area contributed by atoms with Crippen molar-refractivity contribution in [2.24, 2.45) is 0 Å². The van der Waals surface area contributed by atoms with Crippen LogP contribution in [0.1, 0.15) is 23.7 Å². The van der Waals surface area contributed by atoms with Gasteiger partial charge in [0.05, 0.1) is 17.1 Å². The normalized spacial score (nSPS) is 25.0. The molecule has 1 aromatic carbocycles. The molecule has 1 aromatic rings. The SMILES string of the molecule is CC1OCCC1S(=O)CC(=O)c1ccc(F)cc1. The first-order valence-electron chi connectivity index (χ1n) is 5.85. The van der Waals surface area contributed by atoms with Crippen molar-refractivity contribution in [2.45, 2.75) is 24.7 Å². The number of halogens is 1. The summed E-state index contributed by atoms with van der Waals surface area (Å²) >= 11 is 0. The van der Waals surface area contributed by atoms with E-state index in [9.17, 15) is 13.4 Å². The summed E-state index contributed by atoms with van der Waals surface area (Å²) in [5, 5.41) is -0.0746. The van der Waals surface area contributed by atoms with Crippen molar-refractivity contribution in [3.05, 3.63) is 35.6 Å². The van der Waals surface area contributed by atoms with Crippen molar-refractivity contribution in [3.63, 3.8) is 0 Å². The molecule has 1 aliphatic rings. The zero-order valence-electron chi connectivity index (χ0n) is 10.1. The van der Waals surface area contributed by atoms with E-state index < -0.39 is 10.8 Å². The van der Waals surface area contributed by atoms with Gasteiger partial charge in [0.15, 0.2) is 5.78 Å². The molecule has 18 heavy (non-hydrogen) atoms. The average molecular weight is 270 g/mol. The summed E-state index contributed by atoms with van der Waals surface area (Å²) in [7, 11) is -1.23. The highest BCUT2D eigenvalue weighted by Crippen LogP contribution is 2.19. The van der Waals surface area contributed by atoms with Gasteiger partial charge in [0, 0.05) is 23.0 Å². The number of Topliss-reactive ketones (excluding diaryl/α,β-unsaturated/α-hetero) is 1. The second kappa shape index (κ2) is 5.71. The van der Waals surface area contributed by atoms with Crippen LogP contribution in [-0.4, -0.2) is 33.7 Å². The van der Waals surface area contributed by atoms with Gasteiger partial charge in [0.1, 0.15) is 5.82 Å². The highest BCUT2D eigenvalue weighted by molar-refractivity contribution is 7.86. The molecule has 98 valence electrons. The van der Waals surface area contributed by atoms with Crippen molar-refractivity contribution in [1.82, 2.24) is 0 Å². The summed E-state index contributed by atoms with van der Waals surface area (Å²) < 4.78 is 30.1. The average Bonchev–Trinajstić information content (AvgIpc) is 2.76. The molecule has 1 fully saturated rings. The summed E-state index contributed by atoms with van der Waals surface area (Å²) in [5.74, 6) is -0.623. The van der Waals surface area contributed by atoms with Crippen LogP contribution in [0.3, 0.4) is 0 Å². The van der Waals surface area contributed by atoms with Crippen molar-refractivity contribution in [2.75, 3.05) is 12.4 Å². The van der Waals surface area contributed by atoms with E-state index in [1.54, 1.807) is 0 Å². The van der Waals surface area contributed by atoms with Crippen LogP contribution in [0.5, 0.6) is 0 Å². The van der Waals surface area contributed by atoms with Gasteiger partial charge in [-0.1, -0.05) is 0 Å². The van der Waals surface area contributed by atoms with E-state index in [2.05, 4.69) is 0 Å². The van der Waals surface area contributed by atoms with Crippen LogP contribution in [0.2, 0.25) is 0 Å². The Morgan fingerprint density at radius 2 is 2.11 bits per heavy atom. The molecule has 0 spiro atoms. The number of hydrogen-bond donors (Lipinski definition) is 0. The minimum Gasteiger partial charge on any atom is -0.377 e. The maximum Gasteiger partial charge on any atom is 0.175 e. The van der Waals surface area contributed by atoms with Crippen LogP contribution >= 0.6 is 0 Å². The van der Waals surface area contributed by atoms with Crippen molar-refractivity contribution >= 4 is 16.6 Å². The molecule has 3 nitrogen and oxygen atoms in total. The largest absolute Gasteiger partial charge is 0.377 e. The van der Waals surface area contributed by atoms with Crippen molar-refractivity contribution in [3.8, 4) is 0 Å². The van der Waals surface area contributed by atoms with E-state index in [1.807, 2.05) is 6.92 Å². The lowest BCUT2D eigenvalue weighted by atomic mass is 10.1. The minimum absolute atomic E-state index is 0.0238. The standard InChI is InChI=1S/C13H15FO3S/c1-9-13(6-7-17-9)18(16)8-12(15)10-2-4-11(14)5-3-10/h2-5,9,13H,6-8H2,1H3. The van der Waals surface area contributed by atoms with Crippen LogP contribution in [0.4, 0.5) is 4.39 Å². The molecule has 5 heteroatoms. The van der Waals surface area contributed by atoms with E-state index in [0.717, 1.165) is 6.42 Å². The second-order valence-corrected chi connectivity index (χ2v) is 6.01. The first-order valence-corrected chi connectivity index (χ1v) is 7.23. The lowest BCUT2D eigenvalue weighted by Crippen LogP contribution is -2.27. The third-order valence-electron chi connectivity index (χ3n) is 3.08. The molecule has 0 radical (unpaired) electrons. The van der Waals surface area contributed by atoms with Crippen LogP contribution in [0, 0.1) is 5.82 Å². The number of rotatable bonds is 4. The molecule has 2 rings (SSSR count). The zero-order valence-corrected chi connectivity index (χ0v) is 10.9. The van der Waals surface area contributed by atoms with Gasteiger partial charge in [-0.05, 0) is 37.6 Å². The molecule has 3 unspecified atom stereocenters. The van der Waals surface area contributed by atoms with E-state index in [4.69, 9.17) is 4.74 Å². The number of benzene rings is 1. The molecule has 1 heterocycles. The maximum absolute atomic E-state index is 12.7. The fourth-order valence-electron chi connectivity index (χ4n) is 2.01. The molecular weight excluding hydrogens is 255 g/mol. The first kappa shape index (κ1) is 13.4. The maximum atomic E-state index is 12.7. The molecule has 1 aliphatic heterocycles. The number of carbonyl (C=O) groups is 1. The minimum atomic E-state index is -1.23. The van der Waals surface area contributed by atoms with Crippen LogP contribution < -0.4 is 0 Å². The Bertz CT molecular complexity index is 458. The van der Waals surface area contributed by atoms with Gasteiger partial charge in [0.25, 0.3) is 0 Å². The molecule has 0 aromatic heterocycles. The van der Waals surface area contributed by atoms with Gasteiger partial charge < -0.3 is 4.74 Å². The third kappa shape index (κ3) is 3.03. The fraction of sp³-hybridized carbons (Fsp3) is 0.462. The summed E-state index contributed by atoms with van der Waals surface area (Å²) in [6.45, 7) is 2.47. The van der Waals surface area contributed by atoms with E-state index >= 15 is 0 Å². The predicted molar refractivity (Wildman–Crippen MR) is 67.6 cm³/mol. The van der Waals surface area contributed by atoms with Gasteiger partial charge in [0.2, 0.25) is 0 Å². The Labute approximate surface area is 108 Å². The van der Waals surface area contributed by atoms with Gasteiger partial charge in [-0.2, -0.15) is 0 Å². The molecule has 0 saturated carbocycles.